The topological polar surface area (TPSA) is 55.2 Å². The lowest BCUT2D eigenvalue weighted by Gasteiger charge is -2.07. The van der Waals surface area contributed by atoms with E-state index in [2.05, 4.69) is 27.3 Å². The number of hydrogen-bond donors (Lipinski definition) is 1. The zero-order valence-corrected chi connectivity index (χ0v) is 13.1. The number of nitrogens with one attached hydrogen (secondary N) is 1. The average Bonchev–Trinajstić information content (AvgIpc) is 2.97. The number of non-ortho nitro benzene ring substituents is 1. The van der Waals surface area contributed by atoms with E-state index in [1.807, 2.05) is 11.3 Å². The Labute approximate surface area is 129 Å². The second-order valence-corrected chi connectivity index (χ2v) is 6.87. The van der Waals surface area contributed by atoms with Gasteiger partial charge in [0, 0.05) is 38.6 Å². The molecule has 0 bridgehead atoms. The maximum absolute atomic E-state index is 10.7. The van der Waals surface area contributed by atoms with Crippen molar-refractivity contribution >= 4 is 38.6 Å². The van der Waals surface area contributed by atoms with Crippen molar-refractivity contribution in [2.24, 2.45) is 0 Å². The number of rotatable bonds is 4. The van der Waals surface area contributed by atoms with Crippen molar-refractivity contribution in [2.75, 3.05) is 5.32 Å². The number of nitrogens with zero attached hydrogens (tertiary/aromatic N) is 1. The molecule has 20 heavy (non-hydrogen) atoms. The van der Waals surface area contributed by atoms with E-state index < -0.39 is 4.92 Å². The molecule has 1 aromatic carbocycles. The predicted molar refractivity (Wildman–Crippen MR) is 84.5 cm³/mol. The van der Waals surface area contributed by atoms with E-state index in [1.54, 1.807) is 6.07 Å². The van der Waals surface area contributed by atoms with Crippen LogP contribution in [0.5, 0.6) is 0 Å². The second kappa shape index (κ2) is 5.54. The number of aryl methyl sites for hydroxylation is 2. The third kappa shape index (κ3) is 2.71. The minimum absolute atomic E-state index is 0.0949. The zero-order valence-electron chi connectivity index (χ0n) is 10.7. The molecule has 1 aromatic heterocycles. The Morgan fingerprint density at radius 1 is 1.35 bits per heavy atom. The Kier molecular flexibility index (Phi) is 3.76. The SMILES string of the molecule is O=[N+]([O-])c1ccc(NCc2cc3c(s2)CCC3)c(Br)c1. The Bertz CT molecular complexity index is 648. The molecule has 0 amide bonds. The van der Waals surface area contributed by atoms with Crippen LogP contribution in [0.25, 0.3) is 0 Å². The largest absolute Gasteiger partial charge is 0.379 e. The number of halogens is 1. The van der Waals surface area contributed by atoms with Gasteiger partial charge in [0.2, 0.25) is 0 Å². The van der Waals surface area contributed by atoms with E-state index in [4.69, 9.17) is 0 Å². The van der Waals surface area contributed by atoms with Crippen LogP contribution < -0.4 is 5.32 Å². The van der Waals surface area contributed by atoms with Crippen LogP contribution in [0.3, 0.4) is 0 Å². The molecule has 6 heteroatoms. The molecule has 3 rings (SSSR count). The van der Waals surface area contributed by atoms with Crippen molar-refractivity contribution in [1.29, 1.82) is 0 Å². The van der Waals surface area contributed by atoms with Gasteiger partial charge >= 0.3 is 0 Å². The Morgan fingerprint density at radius 3 is 2.90 bits per heavy atom. The smallest absolute Gasteiger partial charge is 0.270 e. The molecule has 0 saturated heterocycles. The third-order valence-electron chi connectivity index (χ3n) is 3.41. The summed E-state index contributed by atoms with van der Waals surface area (Å²) in [7, 11) is 0. The van der Waals surface area contributed by atoms with Gasteiger partial charge in [0.05, 0.1) is 4.92 Å². The zero-order chi connectivity index (χ0) is 14.1. The number of thiophene rings is 1. The first-order chi connectivity index (χ1) is 9.63. The van der Waals surface area contributed by atoms with Crippen LogP contribution in [-0.4, -0.2) is 4.92 Å². The van der Waals surface area contributed by atoms with E-state index >= 15 is 0 Å². The molecular weight excluding hydrogens is 340 g/mol. The number of anilines is 1. The van der Waals surface area contributed by atoms with Crippen LogP contribution in [0.1, 0.15) is 21.7 Å². The maximum atomic E-state index is 10.7. The summed E-state index contributed by atoms with van der Waals surface area (Å²) in [5, 5.41) is 14.0. The van der Waals surface area contributed by atoms with Gasteiger partial charge in [-0.1, -0.05) is 0 Å². The molecule has 1 N–H and O–H groups in total. The number of benzene rings is 1. The molecule has 1 aliphatic carbocycles. The molecule has 0 fully saturated rings. The summed E-state index contributed by atoms with van der Waals surface area (Å²) >= 11 is 5.24. The summed E-state index contributed by atoms with van der Waals surface area (Å²) < 4.78 is 0.718. The summed E-state index contributed by atoms with van der Waals surface area (Å²) in [5.74, 6) is 0. The Hall–Kier alpha value is -1.40. The van der Waals surface area contributed by atoms with Gasteiger partial charge in [0.15, 0.2) is 0 Å². The van der Waals surface area contributed by atoms with Gasteiger partial charge in [-0.3, -0.25) is 10.1 Å². The minimum atomic E-state index is -0.391. The molecule has 0 unspecified atom stereocenters. The summed E-state index contributed by atoms with van der Waals surface area (Å²) in [6.07, 6.45) is 3.69. The van der Waals surface area contributed by atoms with Gasteiger partial charge in [-0.15, -0.1) is 11.3 Å². The van der Waals surface area contributed by atoms with Crippen LogP contribution >= 0.6 is 27.3 Å². The highest BCUT2D eigenvalue weighted by atomic mass is 79.9. The fourth-order valence-electron chi connectivity index (χ4n) is 2.42. The van der Waals surface area contributed by atoms with Gasteiger partial charge in [-0.2, -0.15) is 0 Å². The lowest BCUT2D eigenvalue weighted by atomic mass is 10.2. The van der Waals surface area contributed by atoms with E-state index in [1.165, 1.54) is 46.7 Å². The van der Waals surface area contributed by atoms with Gasteiger partial charge in [-0.05, 0) is 52.9 Å². The molecule has 0 saturated carbocycles. The lowest BCUT2D eigenvalue weighted by Crippen LogP contribution is -1.99. The summed E-state index contributed by atoms with van der Waals surface area (Å²) in [5.41, 5.74) is 2.47. The van der Waals surface area contributed by atoms with Crippen molar-refractivity contribution in [2.45, 2.75) is 25.8 Å². The summed E-state index contributed by atoms with van der Waals surface area (Å²) in [4.78, 5) is 13.1. The fourth-order valence-corrected chi connectivity index (χ4v) is 4.13. The standard InChI is InChI=1S/C14H13BrN2O2S/c15-12-7-10(17(18)19)4-5-13(12)16-8-11-6-9-2-1-3-14(9)20-11/h4-7,16H,1-3,8H2. The van der Waals surface area contributed by atoms with Crippen molar-refractivity contribution < 1.29 is 4.92 Å². The molecule has 0 aliphatic heterocycles. The van der Waals surface area contributed by atoms with E-state index in [0.717, 1.165) is 16.7 Å². The Balaban J connectivity index is 1.70. The molecular formula is C14H13BrN2O2S. The third-order valence-corrected chi connectivity index (χ3v) is 5.31. The van der Waals surface area contributed by atoms with Crippen molar-refractivity contribution in [3.8, 4) is 0 Å². The molecule has 0 atom stereocenters. The summed E-state index contributed by atoms with van der Waals surface area (Å²) in [6, 6.07) is 7.06. The molecule has 0 spiro atoms. The van der Waals surface area contributed by atoms with Crippen LogP contribution in [-0.2, 0) is 19.4 Å². The first-order valence-corrected chi connectivity index (χ1v) is 8.03. The van der Waals surface area contributed by atoms with Gasteiger partial charge < -0.3 is 5.32 Å². The maximum Gasteiger partial charge on any atom is 0.270 e. The molecule has 1 aliphatic rings. The number of nitro groups is 1. The van der Waals surface area contributed by atoms with Gasteiger partial charge in [0.25, 0.3) is 5.69 Å². The van der Waals surface area contributed by atoms with Gasteiger partial charge in [-0.25, -0.2) is 0 Å². The molecule has 4 nitrogen and oxygen atoms in total. The summed E-state index contributed by atoms with van der Waals surface area (Å²) in [6.45, 7) is 0.758. The average molecular weight is 353 g/mol. The van der Waals surface area contributed by atoms with Crippen LogP contribution in [0.2, 0.25) is 0 Å². The predicted octanol–water partition coefficient (Wildman–Crippen LogP) is 4.52. The van der Waals surface area contributed by atoms with Crippen LogP contribution in [0.4, 0.5) is 11.4 Å². The quantitative estimate of drug-likeness (QED) is 0.650. The lowest BCUT2D eigenvalue weighted by molar-refractivity contribution is -0.384. The van der Waals surface area contributed by atoms with Gasteiger partial charge in [0.1, 0.15) is 0 Å². The molecule has 2 aromatic rings. The Morgan fingerprint density at radius 2 is 2.20 bits per heavy atom. The minimum Gasteiger partial charge on any atom is -0.379 e. The van der Waals surface area contributed by atoms with E-state index in [-0.39, 0.29) is 5.69 Å². The fraction of sp³-hybridized carbons (Fsp3) is 0.286. The van der Waals surface area contributed by atoms with Crippen molar-refractivity contribution in [3.63, 3.8) is 0 Å². The van der Waals surface area contributed by atoms with Crippen LogP contribution in [0, 0.1) is 10.1 Å². The molecule has 0 radical (unpaired) electrons. The number of nitro benzene ring substituents is 1. The first-order valence-electron chi connectivity index (χ1n) is 6.42. The van der Waals surface area contributed by atoms with Crippen molar-refractivity contribution in [1.82, 2.24) is 0 Å². The normalized spacial score (nSPS) is 13.2. The number of fused-ring (bicyclic) bond motifs is 1. The highest BCUT2D eigenvalue weighted by Gasteiger charge is 2.15. The highest BCUT2D eigenvalue weighted by Crippen LogP contribution is 2.32. The van der Waals surface area contributed by atoms with Crippen molar-refractivity contribution in [3.05, 3.63) is 54.2 Å². The second-order valence-electron chi connectivity index (χ2n) is 4.79. The number of hydrogen-bond acceptors (Lipinski definition) is 4. The highest BCUT2D eigenvalue weighted by molar-refractivity contribution is 9.10. The first kappa shape index (κ1) is 13.6. The van der Waals surface area contributed by atoms with E-state index in [0.29, 0.717) is 0 Å². The monoisotopic (exact) mass is 352 g/mol. The molecule has 1 heterocycles. The van der Waals surface area contributed by atoms with Crippen LogP contribution in [0.15, 0.2) is 28.7 Å². The van der Waals surface area contributed by atoms with E-state index in [9.17, 15) is 10.1 Å². The molecule has 104 valence electrons.